The van der Waals surface area contributed by atoms with Crippen molar-refractivity contribution < 1.29 is 13.2 Å². The first-order chi connectivity index (χ1) is 13.0. The van der Waals surface area contributed by atoms with Gasteiger partial charge < -0.3 is 9.47 Å². The van der Waals surface area contributed by atoms with Crippen LogP contribution < -0.4 is 0 Å². The van der Waals surface area contributed by atoms with Crippen LogP contribution in [0.5, 0.6) is 0 Å². The van der Waals surface area contributed by atoms with E-state index in [1.54, 1.807) is 59.9 Å². The molecule has 0 saturated heterocycles. The number of carbonyl (C=O) groups is 1. The summed E-state index contributed by atoms with van der Waals surface area (Å²) in [5, 5.41) is 0. The third-order valence-corrected chi connectivity index (χ3v) is 6.44. The molecule has 0 spiro atoms. The van der Waals surface area contributed by atoms with Crippen LogP contribution in [0.3, 0.4) is 0 Å². The number of imidazole rings is 1. The monoisotopic (exact) mass is 381 g/mol. The molecule has 2 aromatic carbocycles. The van der Waals surface area contributed by atoms with E-state index in [0.717, 1.165) is 5.69 Å². The molecule has 0 unspecified atom stereocenters. The quantitative estimate of drug-likeness (QED) is 0.696. The fraction of sp³-hybridized carbons (Fsp3) is 0.200. The molecule has 0 saturated carbocycles. The van der Waals surface area contributed by atoms with Crippen LogP contribution in [-0.2, 0) is 28.7 Å². The molecule has 0 radical (unpaired) electrons. The lowest BCUT2D eigenvalue weighted by Crippen LogP contribution is -2.38. The minimum Gasteiger partial charge on any atom is -0.331 e. The van der Waals surface area contributed by atoms with Crippen molar-refractivity contribution in [3.05, 3.63) is 83.9 Å². The van der Waals surface area contributed by atoms with E-state index in [1.807, 2.05) is 10.6 Å². The van der Waals surface area contributed by atoms with Gasteiger partial charge in [0.05, 0.1) is 34.8 Å². The van der Waals surface area contributed by atoms with Crippen LogP contribution in [0.1, 0.15) is 21.6 Å². The second kappa shape index (κ2) is 7.00. The molecule has 7 heteroatoms. The molecule has 2 heterocycles. The molecule has 0 bridgehead atoms. The lowest BCUT2D eigenvalue weighted by molar-refractivity contribution is 0.0707. The van der Waals surface area contributed by atoms with Gasteiger partial charge in [0.1, 0.15) is 0 Å². The van der Waals surface area contributed by atoms with Crippen LogP contribution in [0.15, 0.2) is 72.0 Å². The summed E-state index contributed by atoms with van der Waals surface area (Å²) < 4.78 is 28.0. The summed E-state index contributed by atoms with van der Waals surface area (Å²) in [4.78, 5) is 18.9. The highest BCUT2D eigenvalue weighted by Gasteiger charge is 2.27. The Hall–Kier alpha value is -2.93. The van der Waals surface area contributed by atoms with E-state index in [1.165, 1.54) is 6.07 Å². The van der Waals surface area contributed by atoms with Crippen molar-refractivity contribution in [1.29, 1.82) is 0 Å². The molecule has 1 aliphatic rings. The van der Waals surface area contributed by atoms with Gasteiger partial charge in [-0.15, -0.1) is 0 Å². The first-order valence-electron chi connectivity index (χ1n) is 8.68. The smallest absolute Gasteiger partial charge is 0.255 e. The van der Waals surface area contributed by atoms with Gasteiger partial charge in [-0.05, 0) is 17.7 Å². The third kappa shape index (κ3) is 3.50. The highest BCUT2D eigenvalue weighted by Crippen LogP contribution is 2.23. The number of carbonyl (C=O) groups excluding carboxylic acids is 1. The van der Waals surface area contributed by atoms with Gasteiger partial charge in [-0.2, -0.15) is 0 Å². The molecule has 1 aromatic heterocycles. The summed E-state index contributed by atoms with van der Waals surface area (Å²) >= 11 is 0. The molecule has 138 valence electrons. The summed E-state index contributed by atoms with van der Waals surface area (Å²) in [7, 11) is -3.64. The van der Waals surface area contributed by atoms with Crippen LogP contribution in [0.2, 0.25) is 0 Å². The Balaban J connectivity index is 1.64. The number of amides is 1. The Bertz CT molecular complexity index is 1070. The van der Waals surface area contributed by atoms with E-state index in [-0.39, 0.29) is 22.1 Å². The topological polar surface area (TPSA) is 72.3 Å². The molecule has 1 aliphatic heterocycles. The largest absolute Gasteiger partial charge is 0.331 e. The van der Waals surface area contributed by atoms with Crippen molar-refractivity contribution in [2.45, 2.75) is 23.7 Å². The first-order valence-corrected chi connectivity index (χ1v) is 10.3. The predicted octanol–water partition coefficient (Wildman–Crippen LogP) is 2.51. The third-order valence-electron chi connectivity index (χ3n) is 4.70. The zero-order valence-electron chi connectivity index (χ0n) is 14.7. The highest BCUT2D eigenvalue weighted by atomic mass is 32.2. The van der Waals surface area contributed by atoms with Gasteiger partial charge in [-0.3, -0.25) is 4.79 Å². The number of rotatable bonds is 4. The molecule has 1 amide bonds. The fourth-order valence-electron chi connectivity index (χ4n) is 3.31. The van der Waals surface area contributed by atoms with Crippen LogP contribution in [0.25, 0.3) is 0 Å². The number of fused-ring (bicyclic) bond motifs is 1. The van der Waals surface area contributed by atoms with Crippen molar-refractivity contribution in [3.63, 3.8) is 0 Å². The summed E-state index contributed by atoms with van der Waals surface area (Å²) in [6.45, 7) is 1.60. The Morgan fingerprint density at radius 1 is 1.00 bits per heavy atom. The SMILES string of the molecule is O=C(c1ccccc1S(=O)(=O)Cc1ccccc1)N1CCn2cncc2C1. The van der Waals surface area contributed by atoms with E-state index in [0.29, 0.717) is 25.2 Å². The first kappa shape index (κ1) is 17.5. The molecule has 0 N–H and O–H groups in total. The molecule has 27 heavy (non-hydrogen) atoms. The maximum atomic E-state index is 13.1. The predicted molar refractivity (Wildman–Crippen MR) is 101 cm³/mol. The lowest BCUT2D eigenvalue weighted by Gasteiger charge is -2.28. The number of hydrogen-bond donors (Lipinski definition) is 0. The molecule has 6 nitrogen and oxygen atoms in total. The van der Waals surface area contributed by atoms with E-state index < -0.39 is 9.84 Å². The molecule has 0 atom stereocenters. The number of benzene rings is 2. The lowest BCUT2D eigenvalue weighted by atomic mass is 10.2. The molecular weight excluding hydrogens is 362 g/mol. The van der Waals surface area contributed by atoms with E-state index >= 15 is 0 Å². The average Bonchev–Trinajstić information content (AvgIpc) is 3.15. The molecular formula is C20H19N3O3S. The Morgan fingerprint density at radius 3 is 2.56 bits per heavy atom. The van der Waals surface area contributed by atoms with Gasteiger partial charge in [0.2, 0.25) is 0 Å². The highest BCUT2D eigenvalue weighted by molar-refractivity contribution is 7.90. The van der Waals surface area contributed by atoms with Crippen LogP contribution in [0.4, 0.5) is 0 Å². The number of aromatic nitrogens is 2. The van der Waals surface area contributed by atoms with Gasteiger partial charge in [-0.25, -0.2) is 13.4 Å². The zero-order valence-corrected chi connectivity index (χ0v) is 15.5. The second-order valence-electron chi connectivity index (χ2n) is 6.55. The number of sulfone groups is 1. The van der Waals surface area contributed by atoms with E-state index in [4.69, 9.17) is 0 Å². The van der Waals surface area contributed by atoms with Crippen molar-refractivity contribution >= 4 is 15.7 Å². The van der Waals surface area contributed by atoms with Crippen LogP contribution >= 0.6 is 0 Å². The van der Waals surface area contributed by atoms with Crippen molar-refractivity contribution in [1.82, 2.24) is 14.5 Å². The van der Waals surface area contributed by atoms with E-state index in [9.17, 15) is 13.2 Å². The standard InChI is InChI=1S/C20H19N3O3S/c24-20(22-10-11-23-15-21-12-17(23)13-22)18-8-4-5-9-19(18)27(25,26)14-16-6-2-1-3-7-16/h1-9,12,15H,10-11,13-14H2. The normalized spacial score (nSPS) is 14.0. The van der Waals surface area contributed by atoms with Gasteiger partial charge in [0, 0.05) is 19.3 Å². The molecule has 3 aromatic rings. The number of nitrogens with zero attached hydrogens (tertiary/aromatic N) is 3. The zero-order chi connectivity index (χ0) is 18.9. The van der Waals surface area contributed by atoms with Crippen LogP contribution in [-0.4, -0.2) is 35.3 Å². The molecule has 0 fully saturated rings. The minimum absolute atomic E-state index is 0.0814. The summed E-state index contributed by atoms with van der Waals surface area (Å²) in [6, 6.07) is 15.4. The van der Waals surface area contributed by atoms with Gasteiger partial charge in [-0.1, -0.05) is 42.5 Å². The Morgan fingerprint density at radius 2 is 1.74 bits per heavy atom. The van der Waals surface area contributed by atoms with Crippen molar-refractivity contribution in [2.75, 3.05) is 6.54 Å². The van der Waals surface area contributed by atoms with Gasteiger partial charge in [0.25, 0.3) is 5.91 Å². The summed E-state index contributed by atoms with van der Waals surface area (Å²) in [5.41, 5.74) is 1.86. The second-order valence-corrected chi connectivity index (χ2v) is 8.50. The van der Waals surface area contributed by atoms with Crippen LogP contribution in [0, 0.1) is 0 Å². The maximum Gasteiger partial charge on any atom is 0.255 e. The van der Waals surface area contributed by atoms with Gasteiger partial charge >= 0.3 is 0 Å². The van der Waals surface area contributed by atoms with Crippen molar-refractivity contribution in [3.8, 4) is 0 Å². The molecule has 0 aliphatic carbocycles. The minimum atomic E-state index is -3.64. The average molecular weight is 381 g/mol. The number of hydrogen-bond acceptors (Lipinski definition) is 4. The Labute approximate surface area is 158 Å². The maximum absolute atomic E-state index is 13.1. The molecule has 4 rings (SSSR count). The van der Waals surface area contributed by atoms with E-state index in [2.05, 4.69) is 4.98 Å². The van der Waals surface area contributed by atoms with Crippen molar-refractivity contribution in [2.24, 2.45) is 0 Å². The van der Waals surface area contributed by atoms with Gasteiger partial charge in [0.15, 0.2) is 9.84 Å². The fourth-order valence-corrected chi connectivity index (χ4v) is 4.88. The Kier molecular flexibility index (Phi) is 4.53. The summed E-state index contributed by atoms with van der Waals surface area (Å²) in [5.74, 6) is -0.403. The summed E-state index contributed by atoms with van der Waals surface area (Å²) in [6.07, 6.45) is 3.48.